The Balaban J connectivity index is 1.77. The van der Waals surface area contributed by atoms with Crippen molar-refractivity contribution < 1.29 is 13.2 Å². The van der Waals surface area contributed by atoms with Crippen LogP contribution < -0.4 is 15.0 Å². The average molecular weight is 393 g/mol. The van der Waals surface area contributed by atoms with Crippen LogP contribution in [0.4, 0.5) is 0 Å². The lowest BCUT2D eigenvalue weighted by Gasteiger charge is -2.09. The summed E-state index contributed by atoms with van der Waals surface area (Å²) in [6.45, 7) is 0.0816. The number of halogens is 1. The van der Waals surface area contributed by atoms with E-state index in [2.05, 4.69) is 9.71 Å². The van der Waals surface area contributed by atoms with E-state index >= 15 is 0 Å². The zero-order chi connectivity index (χ0) is 18.7. The summed E-state index contributed by atoms with van der Waals surface area (Å²) >= 11 is 5.94. The highest BCUT2D eigenvalue weighted by Gasteiger charge is 2.17. The van der Waals surface area contributed by atoms with Crippen molar-refractivity contribution in [3.63, 3.8) is 0 Å². The minimum Gasteiger partial charge on any atom is -0.497 e. The number of methoxy groups -OCH3 is 1. The van der Waals surface area contributed by atoms with Crippen molar-refractivity contribution in [1.29, 1.82) is 0 Å². The van der Waals surface area contributed by atoms with E-state index in [9.17, 15) is 13.2 Å². The first-order valence-electron chi connectivity index (χ1n) is 7.85. The molecule has 3 rings (SSSR count). The number of sulfonamides is 1. The Labute approximate surface area is 155 Å². The Bertz CT molecular complexity index is 1110. The van der Waals surface area contributed by atoms with E-state index in [1.54, 1.807) is 37.4 Å². The molecule has 3 aromatic rings. The number of hydrogen-bond acceptors (Lipinski definition) is 4. The van der Waals surface area contributed by atoms with Gasteiger partial charge in [-0.15, -0.1) is 0 Å². The van der Waals surface area contributed by atoms with Gasteiger partial charge >= 0.3 is 0 Å². The lowest BCUT2D eigenvalue weighted by atomic mass is 10.1. The fourth-order valence-corrected chi connectivity index (χ4v) is 4.15. The Morgan fingerprint density at radius 1 is 1.15 bits per heavy atom. The van der Waals surface area contributed by atoms with Gasteiger partial charge in [0.1, 0.15) is 10.6 Å². The molecule has 26 heavy (non-hydrogen) atoms. The molecule has 0 aliphatic heterocycles. The number of aromatic amines is 1. The lowest BCUT2D eigenvalue weighted by Crippen LogP contribution is -2.27. The summed E-state index contributed by atoms with van der Waals surface area (Å²) in [5.41, 5.74) is 0.891. The molecule has 0 aliphatic carbocycles. The van der Waals surface area contributed by atoms with Crippen LogP contribution in [-0.4, -0.2) is 27.1 Å². The van der Waals surface area contributed by atoms with Crippen molar-refractivity contribution in [3.8, 4) is 5.75 Å². The molecular weight excluding hydrogens is 376 g/mol. The van der Waals surface area contributed by atoms with E-state index in [1.165, 1.54) is 12.1 Å². The summed E-state index contributed by atoms with van der Waals surface area (Å²) in [7, 11) is -2.18. The maximum atomic E-state index is 12.3. The molecule has 1 heterocycles. The van der Waals surface area contributed by atoms with Crippen LogP contribution in [0.3, 0.4) is 0 Å². The van der Waals surface area contributed by atoms with Gasteiger partial charge in [-0.1, -0.05) is 23.7 Å². The molecule has 0 spiro atoms. The van der Waals surface area contributed by atoms with Crippen molar-refractivity contribution in [1.82, 2.24) is 9.71 Å². The normalized spacial score (nSPS) is 11.6. The first-order valence-corrected chi connectivity index (χ1v) is 9.71. The molecule has 2 N–H and O–H groups in total. The molecule has 0 saturated carbocycles. The van der Waals surface area contributed by atoms with Gasteiger partial charge in [-0.2, -0.15) is 0 Å². The smallest absolute Gasteiger partial charge is 0.251 e. The molecule has 0 radical (unpaired) electrons. The van der Waals surface area contributed by atoms with Gasteiger partial charge in [-0.25, -0.2) is 13.1 Å². The monoisotopic (exact) mass is 392 g/mol. The molecule has 0 unspecified atom stereocenters. The highest BCUT2D eigenvalue weighted by molar-refractivity contribution is 7.89. The molecule has 6 nitrogen and oxygen atoms in total. The second kappa shape index (κ2) is 7.49. The van der Waals surface area contributed by atoms with Gasteiger partial charge in [0.15, 0.2) is 0 Å². The van der Waals surface area contributed by atoms with E-state index < -0.39 is 10.0 Å². The Hall–Kier alpha value is -2.35. The van der Waals surface area contributed by atoms with Crippen molar-refractivity contribution in [2.45, 2.75) is 11.3 Å². The second-order valence-electron chi connectivity index (χ2n) is 5.66. The van der Waals surface area contributed by atoms with Crippen LogP contribution in [0.25, 0.3) is 10.9 Å². The molecular formula is C18H17ClN2O4S. The summed E-state index contributed by atoms with van der Waals surface area (Å²) in [6.07, 6.45) is 0.251. The highest BCUT2D eigenvalue weighted by Crippen LogP contribution is 2.20. The zero-order valence-corrected chi connectivity index (χ0v) is 15.5. The predicted octanol–water partition coefficient (Wildman–Crippen LogP) is 2.71. The van der Waals surface area contributed by atoms with Gasteiger partial charge in [-0.05, 0) is 42.1 Å². The van der Waals surface area contributed by atoms with Crippen molar-refractivity contribution in [3.05, 3.63) is 69.5 Å². The number of benzene rings is 2. The van der Waals surface area contributed by atoms with E-state index in [4.69, 9.17) is 16.3 Å². The molecule has 0 amide bonds. The molecule has 136 valence electrons. The standard InChI is InChI=1S/C18H17ClN2O4S/c1-25-14-7-6-12-10-13(18(22)21-16(12)11-14)8-9-20-26(23,24)17-5-3-2-4-15(17)19/h2-7,10-11,20H,8-9H2,1H3,(H,21,22). The number of fused-ring (bicyclic) bond motifs is 1. The van der Waals surface area contributed by atoms with Crippen LogP contribution >= 0.6 is 11.6 Å². The van der Waals surface area contributed by atoms with Gasteiger partial charge in [0.25, 0.3) is 5.56 Å². The highest BCUT2D eigenvalue weighted by atomic mass is 35.5. The Morgan fingerprint density at radius 3 is 2.65 bits per heavy atom. The molecule has 0 saturated heterocycles. The van der Waals surface area contributed by atoms with E-state index in [-0.39, 0.29) is 28.4 Å². The van der Waals surface area contributed by atoms with Crippen molar-refractivity contribution in [2.75, 3.05) is 13.7 Å². The molecule has 0 aliphatic rings. The third kappa shape index (κ3) is 3.90. The fraction of sp³-hybridized carbons (Fsp3) is 0.167. The van der Waals surface area contributed by atoms with Gasteiger partial charge < -0.3 is 9.72 Å². The van der Waals surface area contributed by atoms with Gasteiger partial charge in [-0.3, -0.25) is 4.79 Å². The summed E-state index contributed by atoms with van der Waals surface area (Å²) in [4.78, 5) is 15.0. The Morgan fingerprint density at radius 2 is 1.92 bits per heavy atom. The summed E-state index contributed by atoms with van der Waals surface area (Å²) < 4.78 is 32.2. The van der Waals surface area contributed by atoms with Gasteiger partial charge in [0.2, 0.25) is 10.0 Å². The SMILES string of the molecule is COc1ccc2cc(CCNS(=O)(=O)c3ccccc3Cl)c(=O)[nH]c2c1. The quantitative estimate of drug-likeness (QED) is 0.675. The third-order valence-electron chi connectivity index (χ3n) is 3.94. The van der Waals surface area contributed by atoms with Crippen LogP contribution in [0.2, 0.25) is 5.02 Å². The number of aromatic nitrogens is 1. The number of pyridine rings is 1. The van der Waals surface area contributed by atoms with E-state index in [0.29, 0.717) is 16.8 Å². The Kier molecular flexibility index (Phi) is 5.31. The third-order valence-corrected chi connectivity index (χ3v) is 5.90. The van der Waals surface area contributed by atoms with Crippen LogP contribution in [0.15, 0.2) is 58.2 Å². The maximum Gasteiger partial charge on any atom is 0.251 e. The lowest BCUT2D eigenvalue weighted by molar-refractivity contribution is 0.415. The van der Waals surface area contributed by atoms with Crippen molar-refractivity contribution >= 4 is 32.5 Å². The largest absolute Gasteiger partial charge is 0.497 e. The van der Waals surface area contributed by atoms with Gasteiger partial charge in [0, 0.05) is 18.2 Å². The second-order valence-corrected chi connectivity index (χ2v) is 7.80. The number of rotatable bonds is 6. The van der Waals surface area contributed by atoms with Crippen molar-refractivity contribution in [2.24, 2.45) is 0 Å². The molecule has 0 bridgehead atoms. The molecule has 2 aromatic carbocycles. The van der Waals surface area contributed by atoms with E-state index in [0.717, 1.165) is 5.39 Å². The summed E-state index contributed by atoms with van der Waals surface area (Å²) in [5, 5.41) is 0.992. The number of ether oxygens (including phenoxy) is 1. The van der Waals surface area contributed by atoms with Gasteiger partial charge in [0.05, 0.1) is 17.6 Å². The van der Waals surface area contributed by atoms with Crippen LogP contribution in [0.5, 0.6) is 5.75 Å². The number of nitrogens with one attached hydrogen (secondary N) is 2. The molecule has 8 heteroatoms. The summed E-state index contributed by atoms with van der Waals surface area (Å²) in [5.74, 6) is 0.647. The minimum atomic E-state index is -3.74. The van der Waals surface area contributed by atoms with Crippen LogP contribution in [0, 0.1) is 0 Å². The number of hydrogen-bond donors (Lipinski definition) is 2. The minimum absolute atomic E-state index is 0.0150. The van der Waals surface area contributed by atoms with Crippen LogP contribution in [0.1, 0.15) is 5.56 Å². The predicted molar refractivity (Wildman–Crippen MR) is 101 cm³/mol. The molecule has 0 fully saturated rings. The first kappa shape index (κ1) is 18.4. The van der Waals surface area contributed by atoms with E-state index in [1.807, 2.05) is 6.07 Å². The summed E-state index contributed by atoms with van der Waals surface area (Å²) in [6, 6.07) is 13.3. The molecule has 1 aromatic heterocycles. The maximum absolute atomic E-state index is 12.3. The zero-order valence-electron chi connectivity index (χ0n) is 14.0. The topological polar surface area (TPSA) is 88.3 Å². The molecule has 0 atom stereocenters. The van der Waals surface area contributed by atoms with Crippen LogP contribution in [-0.2, 0) is 16.4 Å². The first-order chi connectivity index (χ1) is 12.4. The number of H-pyrrole nitrogens is 1. The fourth-order valence-electron chi connectivity index (χ4n) is 2.60. The average Bonchev–Trinajstić information content (AvgIpc) is 2.61.